The van der Waals surface area contributed by atoms with Crippen LogP contribution >= 0.6 is 0 Å². The molecule has 0 radical (unpaired) electrons. The summed E-state index contributed by atoms with van der Waals surface area (Å²) < 4.78 is 37.4. The van der Waals surface area contributed by atoms with Gasteiger partial charge >= 0.3 is 0 Å². The molecule has 3 aliphatic heterocycles. The second-order valence-electron chi connectivity index (χ2n) is 10.8. The van der Waals surface area contributed by atoms with Gasteiger partial charge in [-0.1, -0.05) is 0 Å². The van der Waals surface area contributed by atoms with Crippen molar-refractivity contribution >= 4 is 0 Å². The Hall–Kier alpha value is -0.800. The quantitative estimate of drug-likeness (QED) is 0.0774. The largest absolute Gasteiger partial charge is 0.394 e. The van der Waals surface area contributed by atoms with Crippen LogP contribution in [0.15, 0.2) is 0 Å². The third-order valence-corrected chi connectivity index (χ3v) is 7.46. The molecule has 44 heavy (non-hydrogen) atoms. The van der Waals surface area contributed by atoms with Crippen molar-refractivity contribution in [3.63, 3.8) is 0 Å². The number of hydrogen-bond donors (Lipinski definition) is 13. The van der Waals surface area contributed by atoms with E-state index in [0.29, 0.717) is 0 Å². The number of aliphatic hydroxyl groups is 13. The highest BCUT2D eigenvalue weighted by molar-refractivity contribution is 4.95. The van der Waals surface area contributed by atoms with Gasteiger partial charge in [-0.25, -0.2) is 0 Å². The second kappa shape index (κ2) is 16.9. The third-order valence-electron chi connectivity index (χ3n) is 7.46. The van der Waals surface area contributed by atoms with Crippen molar-refractivity contribution in [3.05, 3.63) is 0 Å². The van der Waals surface area contributed by atoms with Crippen LogP contribution in [0, 0.1) is 0 Å². The summed E-state index contributed by atoms with van der Waals surface area (Å²) in [7, 11) is 0. The van der Waals surface area contributed by atoms with Gasteiger partial charge < -0.3 is 99.5 Å². The summed E-state index contributed by atoms with van der Waals surface area (Å²) in [6, 6.07) is 0. The zero-order chi connectivity index (χ0) is 32.9. The zero-order valence-corrected chi connectivity index (χ0v) is 23.6. The third kappa shape index (κ3) is 8.96. The molecule has 0 aromatic carbocycles. The van der Waals surface area contributed by atoms with E-state index < -0.39 is 137 Å². The molecule has 16 unspecified atom stereocenters. The number of aliphatic hydroxyl groups excluding tert-OH is 13. The number of rotatable bonds is 14. The van der Waals surface area contributed by atoms with Crippen molar-refractivity contribution in [3.8, 4) is 0 Å². The minimum Gasteiger partial charge on any atom is -0.394 e. The van der Waals surface area contributed by atoms with Crippen LogP contribution in [0.5, 0.6) is 0 Å². The van der Waals surface area contributed by atoms with Crippen molar-refractivity contribution in [2.75, 3.05) is 33.0 Å². The average Bonchev–Trinajstić information content (AvgIpc) is 3.00. The van der Waals surface area contributed by atoms with E-state index in [1.54, 1.807) is 0 Å². The summed E-state index contributed by atoms with van der Waals surface area (Å²) in [5.74, 6) is 0. The minimum absolute atomic E-state index is 0.312. The van der Waals surface area contributed by atoms with Gasteiger partial charge in [-0.2, -0.15) is 0 Å². The van der Waals surface area contributed by atoms with Gasteiger partial charge in [-0.3, -0.25) is 0 Å². The molecule has 3 heterocycles. The highest BCUT2D eigenvalue weighted by atomic mass is 16.8. The lowest BCUT2D eigenvalue weighted by molar-refractivity contribution is -0.365. The Kier molecular flexibility index (Phi) is 14.4. The van der Waals surface area contributed by atoms with Crippen molar-refractivity contribution in [2.45, 2.75) is 118 Å². The van der Waals surface area contributed by atoms with Gasteiger partial charge in [0, 0.05) is 0 Å². The number of ether oxygens (including phenoxy) is 7. The van der Waals surface area contributed by atoms with Crippen molar-refractivity contribution in [1.29, 1.82) is 0 Å². The topological polar surface area (TPSA) is 328 Å². The van der Waals surface area contributed by atoms with Crippen LogP contribution in [0.25, 0.3) is 0 Å². The lowest BCUT2D eigenvalue weighted by atomic mass is 9.97. The Balaban J connectivity index is 1.64. The Bertz CT molecular complexity index is 838. The lowest BCUT2D eigenvalue weighted by Crippen LogP contribution is -2.65. The van der Waals surface area contributed by atoms with Crippen molar-refractivity contribution in [1.82, 2.24) is 0 Å². The van der Waals surface area contributed by atoms with E-state index in [-0.39, 0.29) is 6.61 Å². The molecule has 3 fully saturated rings. The standard InChI is InChI=1S/C24H44O20/c1-7(27)13(30)22(43-12(29)3-26)40-6-11-16(33)17(34)19(36)24(42-11)44-21-9(2-25)41-23(20(37)18(21)35)39-5-10-15(32)14(31)8(28)4-38-10/h7-37H,2-6H2,1H3/t7?,8?,9-,10?,11?,12?,13?,14-,15?,16?,17?,18?,19?,20?,21?,22?,23?,24?/m1/s1. The van der Waals surface area contributed by atoms with Crippen LogP contribution in [0.2, 0.25) is 0 Å². The molecule has 0 spiro atoms. The predicted molar refractivity (Wildman–Crippen MR) is 135 cm³/mol. The molecule has 3 aliphatic rings. The molecule has 260 valence electrons. The van der Waals surface area contributed by atoms with Crippen LogP contribution in [-0.2, 0) is 33.2 Å². The van der Waals surface area contributed by atoms with Gasteiger partial charge in [-0.05, 0) is 6.92 Å². The Morgan fingerprint density at radius 3 is 1.93 bits per heavy atom. The summed E-state index contributed by atoms with van der Waals surface area (Å²) in [6.07, 6.45) is -29.8. The van der Waals surface area contributed by atoms with E-state index in [1.807, 2.05) is 0 Å². The monoisotopic (exact) mass is 652 g/mol. The van der Waals surface area contributed by atoms with E-state index in [1.165, 1.54) is 6.92 Å². The summed E-state index contributed by atoms with van der Waals surface area (Å²) in [6.45, 7) is -2.03. The summed E-state index contributed by atoms with van der Waals surface area (Å²) in [5.41, 5.74) is 0. The number of hydrogen-bond acceptors (Lipinski definition) is 20. The van der Waals surface area contributed by atoms with Gasteiger partial charge in [0.15, 0.2) is 25.2 Å². The maximum Gasteiger partial charge on any atom is 0.189 e. The van der Waals surface area contributed by atoms with Gasteiger partial charge in [0.25, 0.3) is 0 Å². The fourth-order valence-electron chi connectivity index (χ4n) is 4.72. The molecule has 20 heteroatoms. The van der Waals surface area contributed by atoms with Crippen LogP contribution in [0.3, 0.4) is 0 Å². The highest BCUT2D eigenvalue weighted by Gasteiger charge is 2.51. The molecule has 18 atom stereocenters. The normalized spacial score (nSPS) is 44.6. The van der Waals surface area contributed by atoms with Gasteiger partial charge in [-0.15, -0.1) is 0 Å². The van der Waals surface area contributed by atoms with E-state index >= 15 is 0 Å². The SMILES string of the molecule is CC(O)C(O)C(OCC1OC(OC2C(O)C(O)C(OCC3OCC(O)[C@@H](O)C3O)O[C@@H]2CO)C(O)C(O)C1O)OC(O)CO. The molecule has 0 aromatic heterocycles. The van der Waals surface area contributed by atoms with Gasteiger partial charge in [0.1, 0.15) is 79.4 Å². The lowest BCUT2D eigenvalue weighted by Gasteiger charge is -2.46. The minimum atomic E-state index is -1.95. The van der Waals surface area contributed by atoms with E-state index in [9.17, 15) is 61.3 Å². The summed E-state index contributed by atoms with van der Waals surface area (Å²) >= 11 is 0. The smallest absolute Gasteiger partial charge is 0.189 e. The first-order valence-corrected chi connectivity index (χ1v) is 13.9. The molecule has 0 saturated carbocycles. The van der Waals surface area contributed by atoms with Crippen LogP contribution in [0.4, 0.5) is 0 Å². The van der Waals surface area contributed by atoms with E-state index in [2.05, 4.69) is 0 Å². The van der Waals surface area contributed by atoms with Crippen LogP contribution < -0.4 is 0 Å². The average molecular weight is 653 g/mol. The molecule has 3 saturated heterocycles. The zero-order valence-electron chi connectivity index (χ0n) is 23.6. The second-order valence-corrected chi connectivity index (χ2v) is 10.8. The molecule has 3 rings (SSSR count). The molecule has 0 amide bonds. The highest BCUT2D eigenvalue weighted by Crippen LogP contribution is 2.30. The Labute approximate surface area is 250 Å². The van der Waals surface area contributed by atoms with E-state index in [0.717, 1.165) is 0 Å². The van der Waals surface area contributed by atoms with Crippen molar-refractivity contribution in [2.24, 2.45) is 0 Å². The molecule has 20 nitrogen and oxygen atoms in total. The molecule has 13 N–H and O–H groups in total. The summed E-state index contributed by atoms with van der Waals surface area (Å²) in [5, 5.41) is 130. The molecule has 0 bridgehead atoms. The summed E-state index contributed by atoms with van der Waals surface area (Å²) in [4.78, 5) is 0. The Morgan fingerprint density at radius 1 is 0.705 bits per heavy atom. The van der Waals surface area contributed by atoms with Crippen LogP contribution in [-0.4, -0.2) is 210 Å². The molecule has 0 aliphatic carbocycles. The van der Waals surface area contributed by atoms with Gasteiger partial charge in [0.05, 0.1) is 39.1 Å². The molecular weight excluding hydrogens is 608 g/mol. The predicted octanol–water partition coefficient (Wildman–Crippen LogP) is -8.47. The fraction of sp³-hybridized carbons (Fsp3) is 1.00. The van der Waals surface area contributed by atoms with Gasteiger partial charge in [0.2, 0.25) is 0 Å². The van der Waals surface area contributed by atoms with E-state index in [4.69, 9.17) is 38.3 Å². The fourth-order valence-corrected chi connectivity index (χ4v) is 4.72. The molecule has 0 aromatic rings. The maximum atomic E-state index is 10.8. The van der Waals surface area contributed by atoms with Crippen LogP contribution in [0.1, 0.15) is 6.92 Å². The first-order chi connectivity index (χ1) is 20.7. The first kappa shape index (κ1) is 37.7. The van der Waals surface area contributed by atoms with Crippen molar-refractivity contribution < 1.29 is 99.5 Å². The first-order valence-electron chi connectivity index (χ1n) is 13.9. The molecular formula is C24H44O20. The maximum absolute atomic E-state index is 10.8. The Morgan fingerprint density at radius 2 is 1.32 bits per heavy atom.